The topological polar surface area (TPSA) is 91.5 Å². The van der Waals surface area contributed by atoms with E-state index in [9.17, 15) is 14.4 Å². The van der Waals surface area contributed by atoms with Crippen molar-refractivity contribution in [2.45, 2.75) is 25.9 Å². The molecule has 1 fully saturated rings. The lowest BCUT2D eigenvalue weighted by atomic mass is 10.1. The monoisotopic (exact) mass is 293 g/mol. The molecule has 0 radical (unpaired) electrons. The van der Waals surface area contributed by atoms with E-state index in [1.807, 2.05) is 13.8 Å². The Balaban J connectivity index is 2.17. The zero-order valence-corrected chi connectivity index (χ0v) is 12.1. The van der Waals surface area contributed by atoms with Crippen LogP contribution in [-0.2, 0) is 9.53 Å². The van der Waals surface area contributed by atoms with Crippen molar-refractivity contribution in [3.63, 3.8) is 0 Å². The zero-order valence-electron chi connectivity index (χ0n) is 12.1. The Morgan fingerprint density at radius 1 is 1.43 bits per heavy atom. The van der Waals surface area contributed by atoms with E-state index in [1.54, 1.807) is 0 Å². The maximum Gasteiger partial charge on any atom is 0.256 e. The molecule has 21 heavy (non-hydrogen) atoms. The maximum absolute atomic E-state index is 12.5. The summed E-state index contributed by atoms with van der Waals surface area (Å²) in [5.41, 5.74) is 0.0708. The van der Waals surface area contributed by atoms with Crippen molar-refractivity contribution in [2.75, 3.05) is 19.8 Å². The minimum atomic E-state index is -0.652. The number of rotatable bonds is 3. The number of amides is 2. The quantitative estimate of drug-likeness (QED) is 0.803. The van der Waals surface area contributed by atoms with Gasteiger partial charge in [-0.25, -0.2) is 0 Å². The van der Waals surface area contributed by atoms with Gasteiger partial charge in [-0.3, -0.25) is 14.4 Å². The summed E-state index contributed by atoms with van der Waals surface area (Å²) in [7, 11) is 0. The Hall–Kier alpha value is -2.15. The first kappa shape index (κ1) is 15.2. The molecule has 2 amide bonds. The van der Waals surface area contributed by atoms with Crippen LogP contribution in [0, 0.1) is 0 Å². The number of ether oxygens (including phenoxy) is 1. The fraction of sp³-hybridized carbons (Fsp3) is 0.500. The van der Waals surface area contributed by atoms with Gasteiger partial charge in [0.25, 0.3) is 5.91 Å². The summed E-state index contributed by atoms with van der Waals surface area (Å²) in [5.74, 6) is -0.527. The second-order valence-electron chi connectivity index (χ2n) is 5.19. The minimum Gasteiger partial charge on any atom is -0.377 e. The fourth-order valence-electron chi connectivity index (χ4n) is 2.15. The Labute approximate surface area is 122 Å². The highest BCUT2D eigenvalue weighted by atomic mass is 16.5. The second kappa shape index (κ2) is 6.53. The van der Waals surface area contributed by atoms with Crippen LogP contribution in [0.3, 0.4) is 0 Å². The SMILES string of the molecule is CC(C)NC(=O)C1COCCN1C(=O)c1ccc(=O)[nH]c1. The summed E-state index contributed by atoms with van der Waals surface area (Å²) < 4.78 is 5.31. The molecule has 7 heteroatoms. The van der Waals surface area contributed by atoms with E-state index in [0.29, 0.717) is 18.7 Å². The normalized spacial score (nSPS) is 18.6. The summed E-state index contributed by atoms with van der Waals surface area (Å²) in [6.45, 7) is 4.62. The number of nitrogens with zero attached hydrogens (tertiary/aromatic N) is 1. The third-order valence-electron chi connectivity index (χ3n) is 3.15. The molecule has 2 N–H and O–H groups in total. The predicted molar refractivity (Wildman–Crippen MR) is 76.0 cm³/mol. The van der Waals surface area contributed by atoms with Gasteiger partial charge in [-0.2, -0.15) is 0 Å². The van der Waals surface area contributed by atoms with E-state index < -0.39 is 6.04 Å². The van der Waals surface area contributed by atoms with Gasteiger partial charge in [0.05, 0.1) is 18.8 Å². The van der Waals surface area contributed by atoms with E-state index in [2.05, 4.69) is 10.3 Å². The average Bonchev–Trinajstić information content (AvgIpc) is 2.46. The number of hydrogen-bond donors (Lipinski definition) is 2. The molecule has 1 aliphatic heterocycles. The first-order chi connectivity index (χ1) is 9.99. The fourth-order valence-corrected chi connectivity index (χ4v) is 2.15. The lowest BCUT2D eigenvalue weighted by Gasteiger charge is -2.35. The van der Waals surface area contributed by atoms with Gasteiger partial charge in [0.15, 0.2) is 0 Å². The van der Waals surface area contributed by atoms with Gasteiger partial charge in [0, 0.05) is 24.8 Å². The highest BCUT2D eigenvalue weighted by molar-refractivity contribution is 5.97. The lowest BCUT2D eigenvalue weighted by Crippen LogP contribution is -2.56. The molecule has 7 nitrogen and oxygen atoms in total. The molecule has 1 aromatic rings. The first-order valence-corrected chi connectivity index (χ1v) is 6.87. The molecule has 1 aliphatic rings. The Kier molecular flexibility index (Phi) is 4.74. The van der Waals surface area contributed by atoms with E-state index in [4.69, 9.17) is 4.74 Å². The number of morpholine rings is 1. The van der Waals surface area contributed by atoms with Crippen molar-refractivity contribution in [3.8, 4) is 0 Å². The van der Waals surface area contributed by atoms with E-state index in [1.165, 1.54) is 23.2 Å². The van der Waals surface area contributed by atoms with Gasteiger partial charge in [0.1, 0.15) is 6.04 Å². The number of hydrogen-bond acceptors (Lipinski definition) is 4. The van der Waals surface area contributed by atoms with Crippen LogP contribution in [0.5, 0.6) is 0 Å². The standard InChI is InChI=1S/C14H19N3O4/c1-9(2)16-13(19)11-8-21-6-5-17(11)14(20)10-3-4-12(18)15-7-10/h3-4,7,9,11H,5-6,8H2,1-2H3,(H,15,18)(H,16,19). The molecule has 1 atom stereocenters. The van der Waals surface area contributed by atoms with Crippen LogP contribution >= 0.6 is 0 Å². The van der Waals surface area contributed by atoms with Crippen molar-refractivity contribution in [1.29, 1.82) is 0 Å². The molecule has 0 saturated carbocycles. The van der Waals surface area contributed by atoms with Crippen LogP contribution in [0.15, 0.2) is 23.1 Å². The van der Waals surface area contributed by atoms with E-state index in [-0.39, 0.29) is 30.0 Å². The maximum atomic E-state index is 12.5. The molecule has 0 spiro atoms. The lowest BCUT2D eigenvalue weighted by molar-refractivity contribution is -0.131. The third kappa shape index (κ3) is 3.69. The van der Waals surface area contributed by atoms with Gasteiger partial charge in [0.2, 0.25) is 11.5 Å². The highest BCUT2D eigenvalue weighted by Crippen LogP contribution is 2.12. The second-order valence-corrected chi connectivity index (χ2v) is 5.19. The average molecular weight is 293 g/mol. The summed E-state index contributed by atoms with van der Waals surface area (Å²) in [6, 6.07) is 2.08. The van der Waals surface area contributed by atoms with Crippen molar-refractivity contribution in [2.24, 2.45) is 0 Å². The molecule has 1 aromatic heterocycles. The van der Waals surface area contributed by atoms with Crippen LogP contribution in [0.4, 0.5) is 0 Å². The molecule has 0 bridgehead atoms. The van der Waals surface area contributed by atoms with Crippen molar-refractivity contribution >= 4 is 11.8 Å². The summed E-state index contributed by atoms with van der Waals surface area (Å²) >= 11 is 0. The van der Waals surface area contributed by atoms with Gasteiger partial charge < -0.3 is 19.9 Å². The summed E-state index contributed by atoms with van der Waals surface area (Å²) in [5, 5.41) is 2.79. The Morgan fingerprint density at radius 2 is 2.19 bits per heavy atom. The molecular formula is C14H19N3O4. The van der Waals surface area contributed by atoms with Crippen LogP contribution in [0.2, 0.25) is 0 Å². The first-order valence-electron chi connectivity index (χ1n) is 6.87. The van der Waals surface area contributed by atoms with Gasteiger partial charge in [-0.1, -0.05) is 0 Å². The molecule has 2 heterocycles. The Morgan fingerprint density at radius 3 is 2.81 bits per heavy atom. The molecule has 0 aliphatic carbocycles. The van der Waals surface area contributed by atoms with Crippen LogP contribution in [0.1, 0.15) is 24.2 Å². The van der Waals surface area contributed by atoms with Crippen molar-refractivity contribution < 1.29 is 14.3 Å². The number of nitrogens with one attached hydrogen (secondary N) is 2. The summed E-state index contributed by atoms with van der Waals surface area (Å²) in [6.07, 6.45) is 1.36. The van der Waals surface area contributed by atoms with Crippen LogP contribution < -0.4 is 10.9 Å². The molecule has 1 unspecified atom stereocenters. The van der Waals surface area contributed by atoms with Crippen LogP contribution in [-0.4, -0.2) is 53.5 Å². The van der Waals surface area contributed by atoms with E-state index >= 15 is 0 Å². The van der Waals surface area contributed by atoms with Gasteiger partial charge in [-0.15, -0.1) is 0 Å². The van der Waals surface area contributed by atoms with Crippen molar-refractivity contribution in [1.82, 2.24) is 15.2 Å². The minimum absolute atomic E-state index is 0.00976. The molecule has 0 aromatic carbocycles. The third-order valence-corrected chi connectivity index (χ3v) is 3.15. The van der Waals surface area contributed by atoms with E-state index in [0.717, 1.165) is 0 Å². The largest absolute Gasteiger partial charge is 0.377 e. The van der Waals surface area contributed by atoms with Crippen molar-refractivity contribution in [3.05, 3.63) is 34.2 Å². The van der Waals surface area contributed by atoms with Gasteiger partial charge >= 0.3 is 0 Å². The Bertz CT molecular complexity index is 561. The number of pyridine rings is 1. The van der Waals surface area contributed by atoms with Crippen LogP contribution in [0.25, 0.3) is 0 Å². The molecule has 2 rings (SSSR count). The number of aromatic amines is 1. The molecular weight excluding hydrogens is 274 g/mol. The highest BCUT2D eigenvalue weighted by Gasteiger charge is 2.33. The number of aromatic nitrogens is 1. The number of carbonyl (C=O) groups excluding carboxylic acids is 2. The number of H-pyrrole nitrogens is 1. The van der Waals surface area contributed by atoms with Gasteiger partial charge in [-0.05, 0) is 19.9 Å². The summed E-state index contributed by atoms with van der Waals surface area (Å²) in [4.78, 5) is 39.6. The number of carbonyl (C=O) groups is 2. The predicted octanol–water partition coefficient (Wildman–Crippen LogP) is -0.259. The molecule has 1 saturated heterocycles. The smallest absolute Gasteiger partial charge is 0.256 e. The molecule has 114 valence electrons. The zero-order chi connectivity index (χ0) is 15.4.